The van der Waals surface area contributed by atoms with Gasteiger partial charge in [-0.2, -0.15) is 0 Å². The Bertz CT molecular complexity index is 688. The van der Waals surface area contributed by atoms with Crippen molar-refractivity contribution in [3.63, 3.8) is 0 Å². The van der Waals surface area contributed by atoms with E-state index in [1.54, 1.807) is 0 Å². The summed E-state index contributed by atoms with van der Waals surface area (Å²) in [6.07, 6.45) is 3.46. The normalized spacial score (nSPS) is 24.2. The number of nitrogens with zero attached hydrogens (tertiary/aromatic N) is 4. The summed E-state index contributed by atoms with van der Waals surface area (Å²) in [7, 11) is 0. The quantitative estimate of drug-likeness (QED) is 0.828. The van der Waals surface area contributed by atoms with E-state index in [1.807, 2.05) is 23.6 Å². The zero-order valence-corrected chi connectivity index (χ0v) is 15.8. The molecule has 0 N–H and O–H groups in total. The molecule has 2 aliphatic heterocycles. The summed E-state index contributed by atoms with van der Waals surface area (Å²) >= 11 is 0. The summed E-state index contributed by atoms with van der Waals surface area (Å²) in [6, 6.07) is 4.64. The van der Waals surface area contributed by atoms with Crippen molar-refractivity contribution in [2.24, 2.45) is 5.92 Å². The molecule has 1 aliphatic carbocycles. The van der Waals surface area contributed by atoms with Crippen molar-refractivity contribution in [2.45, 2.75) is 45.6 Å². The molecule has 3 fully saturated rings. The number of carbonyl (C=O) groups is 2. The minimum absolute atomic E-state index is 0.00901. The summed E-state index contributed by atoms with van der Waals surface area (Å²) < 4.78 is 0. The molecule has 3 aliphatic rings. The van der Waals surface area contributed by atoms with Crippen LogP contribution >= 0.6 is 0 Å². The van der Waals surface area contributed by atoms with Gasteiger partial charge in [-0.1, -0.05) is 0 Å². The SMILES string of the molecule is Cc1cc(N2CCN(C(=O)[C@@H]3CCC(=O)N(C4CC4)C3)CC2)cc(C)n1. The third-order valence-corrected chi connectivity index (χ3v) is 5.80. The predicted molar refractivity (Wildman–Crippen MR) is 100.0 cm³/mol. The third kappa shape index (κ3) is 3.55. The number of carbonyl (C=O) groups excluding carboxylic acids is 2. The van der Waals surface area contributed by atoms with E-state index < -0.39 is 0 Å². The van der Waals surface area contributed by atoms with Crippen LogP contribution in [0.2, 0.25) is 0 Å². The minimum atomic E-state index is -0.00901. The molecule has 0 unspecified atom stereocenters. The first-order valence-electron chi connectivity index (χ1n) is 9.80. The van der Waals surface area contributed by atoms with Gasteiger partial charge in [0.25, 0.3) is 0 Å². The highest BCUT2D eigenvalue weighted by Crippen LogP contribution is 2.32. The van der Waals surface area contributed by atoms with Crippen LogP contribution in [0, 0.1) is 19.8 Å². The molecule has 1 aromatic rings. The fraction of sp³-hybridized carbons (Fsp3) is 0.650. The number of hydrogen-bond donors (Lipinski definition) is 0. The zero-order chi connectivity index (χ0) is 18.3. The van der Waals surface area contributed by atoms with E-state index in [9.17, 15) is 9.59 Å². The van der Waals surface area contributed by atoms with E-state index >= 15 is 0 Å². The number of amides is 2. The largest absolute Gasteiger partial charge is 0.368 e. The number of likely N-dealkylation sites (tertiary alicyclic amines) is 1. The highest BCUT2D eigenvalue weighted by Gasteiger charge is 2.40. The molecular weight excluding hydrogens is 328 g/mol. The molecule has 1 saturated carbocycles. The lowest BCUT2D eigenvalue weighted by atomic mass is 9.95. The number of pyridine rings is 1. The van der Waals surface area contributed by atoms with Crippen molar-refractivity contribution in [3.8, 4) is 0 Å². The second-order valence-electron chi connectivity index (χ2n) is 7.93. The first kappa shape index (κ1) is 17.3. The maximum Gasteiger partial charge on any atom is 0.227 e. The Hall–Kier alpha value is -2.11. The molecule has 0 bridgehead atoms. The van der Waals surface area contributed by atoms with Crippen LogP contribution in [0.3, 0.4) is 0 Å². The second kappa shape index (κ2) is 6.89. The Morgan fingerprint density at radius 2 is 1.69 bits per heavy atom. The Labute approximate surface area is 155 Å². The van der Waals surface area contributed by atoms with Gasteiger partial charge in [-0.05, 0) is 45.2 Å². The number of anilines is 1. The molecule has 3 heterocycles. The lowest BCUT2D eigenvalue weighted by Gasteiger charge is -2.39. The molecule has 0 spiro atoms. The first-order valence-corrected chi connectivity index (χ1v) is 9.80. The lowest BCUT2D eigenvalue weighted by Crippen LogP contribution is -2.53. The molecule has 1 aromatic heterocycles. The number of hydrogen-bond acceptors (Lipinski definition) is 4. The van der Waals surface area contributed by atoms with Crippen LogP contribution in [0.15, 0.2) is 12.1 Å². The molecule has 0 aromatic carbocycles. The van der Waals surface area contributed by atoms with Crippen molar-refractivity contribution < 1.29 is 9.59 Å². The summed E-state index contributed by atoms with van der Waals surface area (Å²) in [4.78, 5) is 35.8. The van der Waals surface area contributed by atoms with Crippen molar-refractivity contribution in [2.75, 3.05) is 37.6 Å². The minimum Gasteiger partial charge on any atom is -0.368 e. The van der Waals surface area contributed by atoms with Crippen LogP contribution in [0.4, 0.5) is 5.69 Å². The lowest BCUT2D eigenvalue weighted by molar-refractivity contribution is -0.143. The Morgan fingerprint density at radius 3 is 2.31 bits per heavy atom. The second-order valence-corrected chi connectivity index (χ2v) is 7.93. The van der Waals surface area contributed by atoms with Crippen LogP contribution in [0.1, 0.15) is 37.1 Å². The number of aromatic nitrogens is 1. The maximum atomic E-state index is 13.0. The summed E-state index contributed by atoms with van der Waals surface area (Å²) in [6.45, 7) is 7.89. The molecule has 1 atom stereocenters. The molecule has 26 heavy (non-hydrogen) atoms. The third-order valence-electron chi connectivity index (χ3n) is 5.80. The summed E-state index contributed by atoms with van der Waals surface area (Å²) in [5.41, 5.74) is 3.27. The van der Waals surface area contributed by atoms with E-state index in [4.69, 9.17) is 0 Å². The molecule has 0 radical (unpaired) electrons. The number of piperidine rings is 1. The van der Waals surface area contributed by atoms with Crippen molar-refractivity contribution in [3.05, 3.63) is 23.5 Å². The molecule has 2 saturated heterocycles. The predicted octanol–water partition coefficient (Wildman–Crippen LogP) is 1.75. The van der Waals surface area contributed by atoms with E-state index in [0.717, 1.165) is 50.4 Å². The Kier molecular flexibility index (Phi) is 4.59. The van der Waals surface area contributed by atoms with Crippen molar-refractivity contribution >= 4 is 17.5 Å². The summed E-state index contributed by atoms with van der Waals surface area (Å²) in [5, 5.41) is 0. The van der Waals surface area contributed by atoms with Crippen LogP contribution < -0.4 is 4.90 Å². The van der Waals surface area contributed by atoms with Gasteiger partial charge in [0.2, 0.25) is 11.8 Å². The molecule has 2 amide bonds. The van der Waals surface area contributed by atoms with Crippen LogP contribution in [0.5, 0.6) is 0 Å². The van der Waals surface area contributed by atoms with Gasteiger partial charge in [0.15, 0.2) is 0 Å². The van der Waals surface area contributed by atoms with Gasteiger partial charge in [0.1, 0.15) is 0 Å². The molecular formula is C20H28N4O2. The van der Waals surface area contributed by atoms with Gasteiger partial charge in [-0.3, -0.25) is 14.6 Å². The monoisotopic (exact) mass is 356 g/mol. The fourth-order valence-electron chi connectivity index (χ4n) is 4.25. The number of aryl methyl sites for hydroxylation is 2. The smallest absolute Gasteiger partial charge is 0.227 e. The van der Waals surface area contributed by atoms with Crippen LogP contribution in [0.25, 0.3) is 0 Å². The first-order chi connectivity index (χ1) is 12.5. The fourth-order valence-corrected chi connectivity index (χ4v) is 4.25. The molecule has 6 heteroatoms. The summed E-state index contributed by atoms with van der Waals surface area (Å²) in [5.74, 6) is 0.472. The molecule has 4 rings (SSSR count). The maximum absolute atomic E-state index is 13.0. The van der Waals surface area contributed by atoms with Crippen LogP contribution in [-0.4, -0.2) is 65.4 Å². The van der Waals surface area contributed by atoms with Gasteiger partial charge in [0, 0.05) is 62.3 Å². The van der Waals surface area contributed by atoms with Crippen LogP contribution in [-0.2, 0) is 9.59 Å². The van der Waals surface area contributed by atoms with Gasteiger partial charge in [-0.15, -0.1) is 0 Å². The average Bonchev–Trinajstić information content (AvgIpc) is 3.46. The Balaban J connectivity index is 1.35. The van der Waals surface area contributed by atoms with E-state index in [0.29, 0.717) is 25.4 Å². The zero-order valence-electron chi connectivity index (χ0n) is 15.8. The van der Waals surface area contributed by atoms with Gasteiger partial charge in [0.05, 0.1) is 5.92 Å². The van der Waals surface area contributed by atoms with E-state index in [2.05, 4.69) is 22.0 Å². The molecule has 140 valence electrons. The topological polar surface area (TPSA) is 56.8 Å². The number of rotatable bonds is 3. The van der Waals surface area contributed by atoms with Gasteiger partial charge < -0.3 is 14.7 Å². The average molecular weight is 356 g/mol. The van der Waals surface area contributed by atoms with Gasteiger partial charge in [-0.25, -0.2) is 0 Å². The number of piperazine rings is 1. The van der Waals surface area contributed by atoms with Gasteiger partial charge >= 0.3 is 0 Å². The van der Waals surface area contributed by atoms with E-state index in [-0.39, 0.29) is 17.7 Å². The highest BCUT2D eigenvalue weighted by molar-refractivity contribution is 5.84. The highest BCUT2D eigenvalue weighted by atomic mass is 16.2. The molecule has 6 nitrogen and oxygen atoms in total. The Morgan fingerprint density at radius 1 is 1.04 bits per heavy atom. The van der Waals surface area contributed by atoms with Crippen molar-refractivity contribution in [1.82, 2.24) is 14.8 Å². The van der Waals surface area contributed by atoms with E-state index in [1.165, 1.54) is 5.69 Å². The standard InChI is InChI=1S/C20H28N4O2/c1-14-11-18(12-15(2)21-14)22-7-9-23(10-8-22)20(26)16-3-6-19(25)24(13-16)17-4-5-17/h11-12,16-17H,3-10,13H2,1-2H3/t16-/m1/s1. The van der Waals surface area contributed by atoms with Crippen molar-refractivity contribution in [1.29, 1.82) is 0 Å².